The summed E-state index contributed by atoms with van der Waals surface area (Å²) in [5.41, 5.74) is 1.06. The Balaban J connectivity index is 1.43. The molecule has 0 spiro atoms. The Morgan fingerprint density at radius 1 is 1.31 bits per heavy atom. The minimum Gasteiger partial charge on any atom is -0.378 e. The van der Waals surface area contributed by atoms with E-state index in [1.54, 1.807) is 24.3 Å². The third-order valence-electron chi connectivity index (χ3n) is 6.71. The highest BCUT2D eigenvalue weighted by Gasteiger charge is 2.56. The van der Waals surface area contributed by atoms with Crippen LogP contribution in [-0.2, 0) is 4.74 Å². The molecule has 2 bridgehead atoms. The number of amides is 1. The fraction of sp³-hybridized carbons (Fsp3) is 0.667. The summed E-state index contributed by atoms with van der Waals surface area (Å²) in [5, 5.41) is 3.59. The number of carbonyl (C=O) groups excluding carboxylic acids is 1. The van der Waals surface area contributed by atoms with Crippen LogP contribution < -0.4 is 5.32 Å². The summed E-state index contributed by atoms with van der Waals surface area (Å²) >= 11 is 5.85. The molecule has 4 rings (SSSR count). The lowest BCUT2D eigenvalue weighted by Crippen LogP contribution is -2.70. The quantitative estimate of drug-likeness (QED) is 0.757. The maximum absolute atomic E-state index is 12.1. The maximum Gasteiger partial charge on any atom is 0.251 e. The Morgan fingerprint density at radius 3 is 2.65 bits per heavy atom. The van der Waals surface area contributed by atoms with Crippen molar-refractivity contribution in [1.29, 1.82) is 0 Å². The van der Waals surface area contributed by atoms with Gasteiger partial charge < -0.3 is 10.1 Å². The fourth-order valence-electron chi connectivity index (χ4n) is 4.77. The molecule has 1 amide bonds. The van der Waals surface area contributed by atoms with E-state index in [9.17, 15) is 4.79 Å². The third kappa shape index (κ3) is 3.78. The molecule has 144 valence electrons. The average molecular weight is 379 g/mol. The van der Waals surface area contributed by atoms with E-state index < -0.39 is 0 Å². The number of halogens is 1. The highest BCUT2D eigenvalue weighted by molar-refractivity contribution is 6.30. The summed E-state index contributed by atoms with van der Waals surface area (Å²) < 4.78 is 6.27. The topological polar surface area (TPSA) is 41.6 Å². The van der Waals surface area contributed by atoms with Gasteiger partial charge in [0.25, 0.3) is 5.91 Å². The van der Waals surface area contributed by atoms with Crippen LogP contribution in [0.25, 0.3) is 0 Å². The van der Waals surface area contributed by atoms with Gasteiger partial charge in [-0.05, 0) is 77.8 Å². The van der Waals surface area contributed by atoms with E-state index in [1.807, 2.05) is 0 Å². The van der Waals surface area contributed by atoms with Crippen LogP contribution >= 0.6 is 11.6 Å². The molecule has 1 aromatic carbocycles. The molecule has 3 atom stereocenters. The zero-order valence-electron chi connectivity index (χ0n) is 16.3. The van der Waals surface area contributed by atoms with Crippen LogP contribution in [0.1, 0.15) is 56.8 Å². The predicted molar refractivity (Wildman–Crippen MR) is 106 cm³/mol. The lowest BCUT2D eigenvalue weighted by atomic mass is 9.61. The summed E-state index contributed by atoms with van der Waals surface area (Å²) in [4.78, 5) is 14.6. The summed E-state index contributed by atoms with van der Waals surface area (Å²) in [7, 11) is 2.26. The van der Waals surface area contributed by atoms with Gasteiger partial charge in [0.1, 0.15) is 0 Å². The SMILES string of the molecule is CN1C(C)(C)[C@@H]2CC[C@@]1(C)C[C@H]2OCCCNC(=O)c1ccc(Cl)cc1. The van der Waals surface area contributed by atoms with E-state index in [1.165, 1.54) is 12.8 Å². The van der Waals surface area contributed by atoms with Crippen LogP contribution in [0.15, 0.2) is 24.3 Å². The van der Waals surface area contributed by atoms with E-state index in [0.717, 1.165) is 12.8 Å². The van der Waals surface area contributed by atoms with Crippen LogP contribution in [0, 0.1) is 5.92 Å². The van der Waals surface area contributed by atoms with Crippen LogP contribution in [0.5, 0.6) is 0 Å². The van der Waals surface area contributed by atoms with Crippen molar-refractivity contribution in [3.63, 3.8) is 0 Å². The number of piperidine rings is 2. The summed E-state index contributed by atoms with van der Waals surface area (Å²) in [5.74, 6) is 0.520. The van der Waals surface area contributed by atoms with E-state index in [2.05, 4.69) is 38.0 Å². The van der Waals surface area contributed by atoms with E-state index in [0.29, 0.717) is 35.8 Å². The van der Waals surface area contributed by atoms with E-state index >= 15 is 0 Å². The molecule has 5 heteroatoms. The van der Waals surface area contributed by atoms with Crippen molar-refractivity contribution < 1.29 is 9.53 Å². The van der Waals surface area contributed by atoms with Crippen LogP contribution in [-0.4, -0.2) is 48.2 Å². The number of carbonyl (C=O) groups is 1. The molecular weight excluding hydrogens is 348 g/mol. The number of benzene rings is 1. The first-order chi connectivity index (χ1) is 12.2. The molecule has 26 heavy (non-hydrogen) atoms. The minimum atomic E-state index is -0.0614. The largest absolute Gasteiger partial charge is 0.378 e. The maximum atomic E-state index is 12.1. The number of ether oxygens (including phenoxy) is 1. The summed E-state index contributed by atoms with van der Waals surface area (Å²) in [6.07, 6.45) is 4.76. The second-order valence-corrected chi connectivity index (χ2v) is 9.02. The molecule has 2 aliphatic heterocycles. The number of nitrogens with zero attached hydrogens (tertiary/aromatic N) is 1. The lowest BCUT2D eigenvalue weighted by Gasteiger charge is -2.63. The van der Waals surface area contributed by atoms with Crippen LogP contribution in [0.4, 0.5) is 0 Å². The Morgan fingerprint density at radius 2 is 2.00 bits per heavy atom. The first kappa shape index (κ1) is 19.7. The van der Waals surface area contributed by atoms with Crippen molar-refractivity contribution in [2.75, 3.05) is 20.2 Å². The fourth-order valence-corrected chi connectivity index (χ4v) is 4.90. The highest BCUT2D eigenvalue weighted by atomic mass is 35.5. The lowest BCUT2D eigenvalue weighted by molar-refractivity contribution is -0.178. The number of hydrogen-bond acceptors (Lipinski definition) is 3. The molecule has 4 nitrogen and oxygen atoms in total. The van der Waals surface area contributed by atoms with Gasteiger partial charge in [0.2, 0.25) is 0 Å². The van der Waals surface area contributed by atoms with Gasteiger partial charge in [0.15, 0.2) is 0 Å². The number of rotatable bonds is 6. The third-order valence-corrected chi connectivity index (χ3v) is 6.96. The first-order valence-corrected chi connectivity index (χ1v) is 10.0. The summed E-state index contributed by atoms with van der Waals surface area (Å²) in [6.45, 7) is 8.37. The van der Waals surface area contributed by atoms with E-state index in [4.69, 9.17) is 16.3 Å². The molecule has 1 saturated carbocycles. The van der Waals surface area contributed by atoms with Gasteiger partial charge in [-0.3, -0.25) is 9.69 Å². The number of hydrogen-bond donors (Lipinski definition) is 1. The molecule has 1 N–H and O–H groups in total. The predicted octanol–water partition coefficient (Wildman–Crippen LogP) is 4.13. The van der Waals surface area contributed by atoms with Crippen LogP contribution in [0.3, 0.4) is 0 Å². The van der Waals surface area contributed by atoms with Crippen molar-refractivity contribution in [1.82, 2.24) is 10.2 Å². The zero-order valence-corrected chi connectivity index (χ0v) is 17.1. The Bertz CT molecular complexity index is 641. The second-order valence-electron chi connectivity index (χ2n) is 8.58. The Kier molecular flexibility index (Phi) is 5.66. The van der Waals surface area contributed by atoms with Crippen molar-refractivity contribution in [2.45, 2.75) is 63.6 Å². The van der Waals surface area contributed by atoms with Gasteiger partial charge in [0.05, 0.1) is 6.10 Å². The smallest absolute Gasteiger partial charge is 0.251 e. The number of nitrogens with one attached hydrogen (secondary N) is 1. The minimum absolute atomic E-state index is 0.0614. The van der Waals surface area contributed by atoms with Gasteiger partial charge in [0, 0.05) is 40.7 Å². The Hall–Kier alpha value is -1.10. The van der Waals surface area contributed by atoms with Gasteiger partial charge in [-0.25, -0.2) is 0 Å². The van der Waals surface area contributed by atoms with Crippen molar-refractivity contribution >= 4 is 17.5 Å². The van der Waals surface area contributed by atoms with Gasteiger partial charge in [-0.15, -0.1) is 0 Å². The van der Waals surface area contributed by atoms with E-state index in [-0.39, 0.29) is 17.0 Å². The molecule has 3 fully saturated rings. The molecule has 2 saturated heterocycles. The molecule has 0 radical (unpaired) electrons. The molecule has 3 aliphatic rings. The molecule has 0 aromatic heterocycles. The van der Waals surface area contributed by atoms with Gasteiger partial charge >= 0.3 is 0 Å². The van der Waals surface area contributed by atoms with Crippen molar-refractivity contribution in [2.24, 2.45) is 5.92 Å². The summed E-state index contributed by atoms with van der Waals surface area (Å²) in [6, 6.07) is 6.95. The van der Waals surface area contributed by atoms with Gasteiger partial charge in [-0.1, -0.05) is 11.6 Å². The molecular formula is C21H31ClN2O2. The Labute approximate surface area is 162 Å². The normalized spacial score (nSPS) is 30.3. The molecule has 1 aromatic rings. The van der Waals surface area contributed by atoms with Crippen molar-refractivity contribution in [3.8, 4) is 0 Å². The monoisotopic (exact) mass is 378 g/mol. The molecule has 1 aliphatic carbocycles. The molecule has 2 heterocycles. The number of fused-ring (bicyclic) bond motifs is 3. The highest BCUT2D eigenvalue weighted by Crippen LogP contribution is 2.51. The second kappa shape index (κ2) is 7.49. The van der Waals surface area contributed by atoms with Crippen LogP contribution in [0.2, 0.25) is 5.02 Å². The van der Waals surface area contributed by atoms with Crippen molar-refractivity contribution in [3.05, 3.63) is 34.9 Å². The zero-order chi connectivity index (χ0) is 18.9. The van der Waals surface area contributed by atoms with Gasteiger partial charge in [-0.2, -0.15) is 0 Å². The standard InChI is InChI=1S/C21H31ClN2O2/c1-20(2)17-10-11-21(3,24(20)4)14-18(17)26-13-5-12-23-19(25)15-6-8-16(22)9-7-15/h6-9,17-18H,5,10-14H2,1-4H3,(H,23,25)/t17-,18-,21+/m1/s1. The average Bonchev–Trinajstić information content (AvgIpc) is 2.60. The first-order valence-electron chi connectivity index (χ1n) is 9.63. The molecule has 0 unspecified atom stereocenters.